The van der Waals surface area contributed by atoms with Crippen molar-refractivity contribution in [3.8, 4) is 0 Å². The Bertz CT molecular complexity index is 632. The summed E-state index contributed by atoms with van der Waals surface area (Å²) in [5.74, 6) is 0.142. The number of aliphatic hydroxyl groups is 1. The molecule has 3 rings (SSSR count). The van der Waals surface area contributed by atoms with Crippen molar-refractivity contribution in [1.82, 2.24) is 10.3 Å². The highest BCUT2D eigenvalue weighted by Gasteiger charge is 2.26. The molecule has 4 nitrogen and oxygen atoms in total. The molecule has 2 unspecified atom stereocenters. The van der Waals surface area contributed by atoms with E-state index in [1.165, 1.54) is 0 Å². The molecule has 1 aliphatic rings. The molecule has 4 heteroatoms. The number of hydrogen-bond acceptors (Lipinski definition) is 2. The molecule has 1 heterocycles. The molecular formula is C16H20N2O2. The Hall–Kier alpha value is -1.81. The van der Waals surface area contributed by atoms with Gasteiger partial charge in [0.2, 0.25) is 0 Å². The van der Waals surface area contributed by atoms with Gasteiger partial charge in [0.25, 0.3) is 5.91 Å². The van der Waals surface area contributed by atoms with Crippen molar-refractivity contribution in [2.45, 2.75) is 32.3 Å². The summed E-state index contributed by atoms with van der Waals surface area (Å²) >= 11 is 0. The van der Waals surface area contributed by atoms with Crippen molar-refractivity contribution in [1.29, 1.82) is 0 Å². The molecule has 1 aromatic heterocycles. The van der Waals surface area contributed by atoms with Gasteiger partial charge in [-0.3, -0.25) is 4.79 Å². The summed E-state index contributed by atoms with van der Waals surface area (Å²) in [5.41, 5.74) is 2.58. The molecule has 0 spiro atoms. The van der Waals surface area contributed by atoms with Crippen molar-refractivity contribution in [2.24, 2.45) is 5.92 Å². The van der Waals surface area contributed by atoms with Crippen LogP contribution in [0.25, 0.3) is 10.9 Å². The lowest BCUT2D eigenvalue weighted by Crippen LogP contribution is -2.32. The number of aromatic nitrogens is 1. The van der Waals surface area contributed by atoms with Crippen LogP contribution in [-0.2, 0) is 0 Å². The lowest BCUT2D eigenvalue weighted by Gasteiger charge is -2.15. The summed E-state index contributed by atoms with van der Waals surface area (Å²) in [5, 5.41) is 13.7. The van der Waals surface area contributed by atoms with E-state index in [0.717, 1.165) is 35.9 Å². The topological polar surface area (TPSA) is 65.1 Å². The van der Waals surface area contributed by atoms with Gasteiger partial charge in [0, 0.05) is 29.1 Å². The number of hydrogen-bond donors (Lipinski definition) is 3. The van der Waals surface area contributed by atoms with E-state index < -0.39 is 0 Å². The maximum Gasteiger partial charge on any atom is 0.253 e. The van der Waals surface area contributed by atoms with Crippen molar-refractivity contribution >= 4 is 16.8 Å². The molecular weight excluding hydrogens is 252 g/mol. The zero-order valence-electron chi connectivity index (χ0n) is 11.6. The second-order valence-corrected chi connectivity index (χ2v) is 5.64. The minimum atomic E-state index is -0.264. The van der Waals surface area contributed by atoms with Gasteiger partial charge in [0.15, 0.2) is 0 Å². The maximum atomic E-state index is 12.4. The fourth-order valence-corrected chi connectivity index (χ4v) is 3.14. The lowest BCUT2D eigenvalue weighted by atomic mass is 10.1. The summed E-state index contributed by atoms with van der Waals surface area (Å²) in [7, 11) is 0. The Morgan fingerprint density at radius 2 is 2.20 bits per heavy atom. The first-order valence-corrected chi connectivity index (χ1v) is 7.20. The number of H-pyrrole nitrogens is 1. The maximum absolute atomic E-state index is 12.4. The summed E-state index contributed by atoms with van der Waals surface area (Å²) in [6.07, 6.45) is 2.63. The van der Waals surface area contributed by atoms with Crippen LogP contribution in [0.1, 0.15) is 35.3 Å². The van der Waals surface area contributed by atoms with Crippen molar-refractivity contribution in [2.75, 3.05) is 6.54 Å². The number of aromatic amines is 1. The number of rotatable bonds is 3. The first-order valence-electron chi connectivity index (χ1n) is 7.20. The molecule has 0 bridgehead atoms. The molecule has 1 aromatic carbocycles. The minimum Gasteiger partial charge on any atom is -0.393 e. The third-order valence-electron chi connectivity index (χ3n) is 4.26. The molecule has 0 aliphatic heterocycles. The summed E-state index contributed by atoms with van der Waals surface area (Å²) in [6.45, 7) is 2.47. The number of carbonyl (C=O) groups excluding carboxylic acids is 1. The molecule has 1 saturated carbocycles. The average molecular weight is 272 g/mol. The van der Waals surface area contributed by atoms with Gasteiger partial charge in [-0.05, 0) is 25.8 Å². The SMILES string of the molecule is Cc1[nH]c2ccccc2c1C(=O)NCC1CCCC1O. The molecule has 2 aromatic rings. The van der Waals surface area contributed by atoms with Crippen LogP contribution in [0.3, 0.4) is 0 Å². The van der Waals surface area contributed by atoms with Crippen LogP contribution in [0.15, 0.2) is 24.3 Å². The second kappa shape index (κ2) is 5.29. The van der Waals surface area contributed by atoms with E-state index in [1.807, 2.05) is 31.2 Å². The van der Waals surface area contributed by atoms with E-state index in [2.05, 4.69) is 10.3 Å². The van der Waals surface area contributed by atoms with Gasteiger partial charge < -0.3 is 15.4 Å². The molecule has 1 amide bonds. The van der Waals surface area contributed by atoms with Gasteiger partial charge in [-0.15, -0.1) is 0 Å². The van der Waals surface area contributed by atoms with Gasteiger partial charge >= 0.3 is 0 Å². The first-order chi connectivity index (χ1) is 9.66. The predicted octanol–water partition coefficient (Wildman–Crippen LogP) is 2.37. The molecule has 1 aliphatic carbocycles. The van der Waals surface area contributed by atoms with Gasteiger partial charge in [0.1, 0.15) is 0 Å². The smallest absolute Gasteiger partial charge is 0.253 e. The van der Waals surface area contributed by atoms with Crippen LogP contribution < -0.4 is 5.32 Å². The molecule has 3 N–H and O–H groups in total. The van der Waals surface area contributed by atoms with Gasteiger partial charge in [0.05, 0.1) is 11.7 Å². The average Bonchev–Trinajstić information content (AvgIpc) is 2.98. The standard InChI is InChI=1S/C16H20N2O2/c1-10-15(12-6-2-3-7-13(12)18-10)16(20)17-9-11-5-4-8-14(11)19/h2-3,6-7,11,14,18-19H,4-5,8-9H2,1H3,(H,17,20). The Morgan fingerprint density at radius 3 is 2.95 bits per heavy atom. The number of carbonyl (C=O) groups is 1. The van der Waals surface area contributed by atoms with Gasteiger partial charge in [-0.25, -0.2) is 0 Å². The second-order valence-electron chi connectivity index (χ2n) is 5.64. The highest BCUT2D eigenvalue weighted by molar-refractivity contribution is 6.08. The van der Waals surface area contributed by atoms with Crippen LogP contribution >= 0.6 is 0 Å². The summed E-state index contributed by atoms with van der Waals surface area (Å²) in [4.78, 5) is 15.6. The third-order valence-corrected chi connectivity index (χ3v) is 4.26. The van der Waals surface area contributed by atoms with E-state index >= 15 is 0 Å². The van der Waals surface area contributed by atoms with E-state index in [0.29, 0.717) is 12.1 Å². The molecule has 0 radical (unpaired) electrons. The van der Waals surface area contributed by atoms with Gasteiger partial charge in [-0.2, -0.15) is 0 Å². The number of aliphatic hydroxyl groups excluding tert-OH is 1. The number of nitrogens with one attached hydrogen (secondary N) is 2. The van der Waals surface area contributed by atoms with Crippen LogP contribution in [-0.4, -0.2) is 28.6 Å². The van der Waals surface area contributed by atoms with Crippen LogP contribution in [0.5, 0.6) is 0 Å². The van der Waals surface area contributed by atoms with E-state index in [9.17, 15) is 9.90 Å². The van der Waals surface area contributed by atoms with E-state index in [1.54, 1.807) is 0 Å². The zero-order chi connectivity index (χ0) is 14.1. The number of aryl methyl sites for hydroxylation is 1. The van der Waals surface area contributed by atoms with E-state index in [-0.39, 0.29) is 17.9 Å². The third kappa shape index (κ3) is 2.31. The fraction of sp³-hybridized carbons (Fsp3) is 0.438. The van der Waals surface area contributed by atoms with Crippen LogP contribution in [0.4, 0.5) is 0 Å². The Morgan fingerprint density at radius 1 is 1.40 bits per heavy atom. The van der Waals surface area contributed by atoms with Crippen molar-refractivity contribution < 1.29 is 9.90 Å². The number of benzene rings is 1. The van der Waals surface area contributed by atoms with Crippen LogP contribution in [0, 0.1) is 12.8 Å². The molecule has 1 fully saturated rings. The Kier molecular flexibility index (Phi) is 3.49. The van der Waals surface area contributed by atoms with Gasteiger partial charge in [-0.1, -0.05) is 24.6 Å². The highest BCUT2D eigenvalue weighted by Crippen LogP contribution is 2.25. The highest BCUT2D eigenvalue weighted by atomic mass is 16.3. The monoisotopic (exact) mass is 272 g/mol. The fourth-order valence-electron chi connectivity index (χ4n) is 3.14. The minimum absolute atomic E-state index is 0.0564. The molecule has 20 heavy (non-hydrogen) atoms. The number of fused-ring (bicyclic) bond motifs is 1. The molecule has 0 saturated heterocycles. The van der Waals surface area contributed by atoms with E-state index in [4.69, 9.17) is 0 Å². The molecule has 106 valence electrons. The normalized spacial score (nSPS) is 22.3. The summed E-state index contributed by atoms with van der Waals surface area (Å²) < 4.78 is 0. The van der Waals surface area contributed by atoms with Crippen molar-refractivity contribution in [3.05, 3.63) is 35.5 Å². The Labute approximate surface area is 118 Å². The molecule has 2 atom stereocenters. The quantitative estimate of drug-likeness (QED) is 0.803. The number of para-hydroxylation sites is 1. The Balaban J connectivity index is 1.77. The lowest BCUT2D eigenvalue weighted by molar-refractivity contribution is 0.0918. The van der Waals surface area contributed by atoms with Crippen molar-refractivity contribution in [3.63, 3.8) is 0 Å². The van der Waals surface area contributed by atoms with Crippen LogP contribution in [0.2, 0.25) is 0 Å². The largest absolute Gasteiger partial charge is 0.393 e. The first kappa shape index (κ1) is 13.2. The predicted molar refractivity (Wildman–Crippen MR) is 78.7 cm³/mol. The number of amides is 1. The summed E-state index contributed by atoms with van der Waals surface area (Å²) in [6, 6.07) is 7.82. The zero-order valence-corrected chi connectivity index (χ0v) is 11.6.